The molecule has 2 nitrogen and oxygen atoms in total. The minimum Gasteiger partial charge on any atom is -0.461 e. The highest BCUT2D eigenvalue weighted by molar-refractivity contribution is 5.91. The number of hydrogen-bond acceptors (Lipinski definition) is 2. The van der Waals surface area contributed by atoms with Gasteiger partial charge >= 0.3 is 0 Å². The maximum atomic E-state index is 6.17. The summed E-state index contributed by atoms with van der Waals surface area (Å²) < 4.78 is 6.17. The van der Waals surface area contributed by atoms with Gasteiger partial charge in [0.05, 0.1) is 0 Å². The van der Waals surface area contributed by atoms with E-state index in [0.29, 0.717) is 0 Å². The smallest absolute Gasteiger partial charge is 0.134 e. The van der Waals surface area contributed by atoms with Gasteiger partial charge in [0.15, 0.2) is 0 Å². The first kappa shape index (κ1) is 16.0. The molecular weight excluding hydrogens is 294 g/mol. The van der Waals surface area contributed by atoms with Gasteiger partial charge in [-0.25, -0.2) is 0 Å². The Balaban J connectivity index is 1.56. The van der Waals surface area contributed by atoms with Crippen LogP contribution >= 0.6 is 0 Å². The Morgan fingerprint density at radius 3 is 3.00 bits per heavy atom. The normalized spacial score (nSPS) is 22.7. The van der Waals surface area contributed by atoms with Gasteiger partial charge in [-0.1, -0.05) is 24.6 Å². The van der Waals surface area contributed by atoms with Crippen LogP contribution in [-0.4, -0.2) is 24.0 Å². The lowest BCUT2D eigenvalue weighted by atomic mass is 9.98. The number of rotatable bonds is 4. The van der Waals surface area contributed by atoms with Crippen LogP contribution in [0, 0.1) is 0 Å². The average molecular weight is 323 g/mol. The molecule has 0 amide bonds. The lowest BCUT2D eigenvalue weighted by Crippen LogP contribution is -2.28. The molecule has 128 valence electrons. The number of hydrogen-bond donors (Lipinski definition) is 0. The third-order valence-corrected chi connectivity index (χ3v) is 5.84. The Kier molecular flexibility index (Phi) is 4.75. The van der Waals surface area contributed by atoms with Crippen LogP contribution in [0.4, 0.5) is 0 Å². The van der Waals surface area contributed by atoms with E-state index in [1.54, 1.807) is 0 Å². The Morgan fingerprint density at radius 1 is 1.17 bits per heavy atom. The zero-order chi connectivity index (χ0) is 16.4. The van der Waals surface area contributed by atoms with Crippen molar-refractivity contribution in [2.75, 3.05) is 13.1 Å². The van der Waals surface area contributed by atoms with Crippen LogP contribution in [0.1, 0.15) is 63.2 Å². The maximum Gasteiger partial charge on any atom is 0.134 e. The fourth-order valence-electron chi connectivity index (χ4n) is 4.36. The number of benzene rings is 1. The topological polar surface area (TPSA) is 16.4 Å². The van der Waals surface area contributed by atoms with Crippen molar-refractivity contribution in [3.8, 4) is 0 Å². The molecule has 0 N–H and O–H groups in total. The molecule has 2 heteroatoms. The molecule has 1 aliphatic carbocycles. The van der Waals surface area contributed by atoms with Gasteiger partial charge in [0.2, 0.25) is 0 Å². The Bertz CT molecular complexity index is 727. The van der Waals surface area contributed by atoms with Crippen LogP contribution in [0.3, 0.4) is 0 Å². The summed E-state index contributed by atoms with van der Waals surface area (Å²) in [7, 11) is 0. The molecule has 0 radical (unpaired) electrons. The first-order valence-electron chi connectivity index (χ1n) is 9.76. The van der Waals surface area contributed by atoms with E-state index in [-0.39, 0.29) is 0 Å². The molecule has 1 aliphatic heterocycles. The first-order valence-corrected chi connectivity index (χ1v) is 9.76. The molecule has 4 rings (SSSR count). The second-order valence-corrected chi connectivity index (χ2v) is 7.54. The number of fused-ring (bicyclic) bond motifs is 1. The molecule has 2 aromatic rings. The van der Waals surface area contributed by atoms with E-state index >= 15 is 0 Å². The SMILES string of the molecule is C[C@@H]1CCCN1CCc1cc2c(C3=CCCCCC3)cccc2o1. The van der Waals surface area contributed by atoms with Crippen molar-refractivity contribution in [2.45, 2.75) is 64.3 Å². The largest absolute Gasteiger partial charge is 0.461 e. The van der Waals surface area contributed by atoms with Crippen LogP contribution in [-0.2, 0) is 6.42 Å². The van der Waals surface area contributed by atoms with Gasteiger partial charge in [-0.05, 0) is 75.3 Å². The number of nitrogens with zero attached hydrogens (tertiary/aromatic N) is 1. The van der Waals surface area contributed by atoms with Gasteiger partial charge < -0.3 is 9.32 Å². The highest BCUT2D eigenvalue weighted by Gasteiger charge is 2.20. The minimum absolute atomic E-state index is 0.737. The van der Waals surface area contributed by atoms with Crippen LogP contribution in [0.5, 0.6) is 0 Å². The lowest BCUT2D eigenvalue weighted by molar-refractivity contribution is 0.266. The third-order valence-electron chi connectivity index (χ3n) is 5.84. The summed E-state index contributed by atoms with van der Waals surface area (Å²) in [5.41, 5.74) is 3.99. The van der Waals surface area contributed by atoms with Gasteiger partial charge in [-0.3, -0.25) is 0 Å². The summed E-state index contributed by atoms with van der Waals surface area (Å²) in [6.07, 6.45) is 12.6. The molecule has 0 bridgehead atoms. The predicted octanol–water partition coefficient (Wildman–Crippen LogP) is 5.81. The second kappa shape index (κ2) is 7.14. The van der Waals surface area contributed by atoms with Crippen molar-refractivity contribution >= 4 is 16.5 Å². The molecule has 1 saturated heterocycles. The first-order chi connectivity index (χ1) is 11.8. The number of likely N-dealkylation sites (tertiary alicyclic amines) is 1. The fraction of sp³-hybridized carbons (Fsp3) is 0.545. The molecule has 1 fully saturated rings. The minimum atomic E-state index is 0.737. The molecule has 1 aromatic carbocycles. The average Bonchev–Trinajstić information content (AvgIpc) is 3.09. The van der Waals surface area contributed by atoms with Crippen molar-refractivity contribution in [3.63, 3.8) is 0 Å². The number of furan rings is 1. The maximum absolute atomic E-state index is 6.17. The Hall–Kier alpha value is -1.54. The van der Waals surface area contributed by atoms with Gasteiger partial charge in [0.1, 0.15) is 11.3 Å². The van der Waals surface area contributed by atoms with Crippen LogP contribution < -0.4 is 0 Å². The summed E-state index contributed by atoms with van der Waals surface area (Å²) in [6, 6.07) is 9.59. The van der Waals surface area contributed by atoms with E-state index in [1.807, 2.05) is 0 Å². The molecule has 2 heterocycles. The monoisotopic (exact) mass is 323 g/mol. The molecule has 2 aliphatic rings. The number of allylic oxidation sites excluding steroid dienone is 2. The van der Waals surface area contributed by atoms with Crippen molar-refractivity contribution in [3.05, 3.63) is 41.7 Å². The zero-order valence-electron chi connectivity index (χ0n) is 14.9. The van der Waals surface area contributed by atoms with Crippen LogP contribution in [0.15, 0.2) is 34.8 Å². The molecule has 0 saturated carbocycles. The second-order valence-electron chi connectivity index (χ2n) is 7.54. The Labute approximate surface area is 145 Å². The van der Waals surface area contributed by atoms with Gasteiger partial charge in [-0.15, -0.1) is 0 Å². The standard InChI is InChI=1S/C22H29NO/c1-17-8-7-14-23(17)15-13-19-16-21-20(11-6-12-22(21)24-19)18-9-4-2-3-5-10-18/h6,9,11-12,16-17H,2-5,7-8,10,13-15H2,1H3/t17-/m1/s1. The predicted molar refractivity (Wildman–Crippen MR) is 101 cm³/mol. The summed E-state index contributed by atoms with van der Waals surface area (Å²) >= 11 is 0. The van der Waals surface area contributed by atoms with Crippen molar-refractivity contribution in [1.29, 1.82) is 0 Å². The van der Waals surface area contributed by atoms with Crippen LogP contribution in [0.2, 0.25) is 0 Å². The summed E-state index contributed by atoms with van der Waals surface area (Å²) in [6.45, 7) is 4.72. The summed E-state index contributed by atoms with van der Waals surface area (Å²) in [5.74, 6) is 1.14. The van der Waals surface area contributed by atoms with Crippen LogP contribution in [0.25, 0.3) is 16.5 Å². The van der Waals surface area contributed by atoms with Gasteiger partial charge in [0, 0.05) is 24.4 Å². The molecule has 0 spiro atoms. The van der Waals surface area contributed by atoms with E-state index in [2.05, 4.69) is 42.2 Å². The van der Waals surface area contributed by atoms with E-state index in [9.17, 15) is 0 Å². The van der Waals surface area contributed by atoms with E-state index < -0.39 is 0 Å². The fourth-order valence-corrected chi connectivity index (χ4v) is 4.36. The van der Waals surface area contributed by atoms with Crippen molar-refractivity contribution < 1.29 is 4.42 Å². The lowest BCUT2D eigenvalue weighted by Gasteiger charge is -2.19. The molecular formula is C22H29NO. The van der Waals surface area contributed by atoms with Crippen molar-refractivity contribution in [2.24, 2.45) is 0 Å². The van der Waals surface area contributed by atoms with Gasteiger partial charge in [0.25, 0.3) is 0 Å². The highest BCUT2D eigenvalue weighted by Crippen LogP contribution is 2.33. The zero-order valence-corrected chi connectivity index (χ0v) is 14.9. The van der Waals surface area contributed by atoms with E-state index in [1.165, 1.54) is 68.0 Å². The molecule has 1 aromatic heterocycles. The Morgan fingerprint density at radius 2 is 2.12 bits per heavy atom. The third kappa shape index (κ3) is 3.30. The summed E-state index contributed by atoms with van der Waals surface area (Å²) in [4.78, 5) is 2.60. The van der Waals surface area contributed by atoms with E-state index in [0.717, 1.165) is 30.4 Å². The van der Waals surface area contributed by atoms with Gasteiger partial charge in [-0.2, -0.15) is 0 Å². The van der Waals surface area contributed by atoms with Crippen molar-refractivity contribution in [1.82, 2.24) is 4.90 Å². The highest BCUT2D eigenvalue weighted by atomic mass is 16.3. The molecule has 0 unspecified atom stereocenters. The molecule has 24 heavy (non-hydrogen) atoms. The quantitative estimate of drug-likeness (QED) is 0.706. The van der Waals surface area contributed by atoms with E-state index in [4.69, 9.17) is 4.42 Å². The molecule has 1 atom stereocenters. The summed E-state index contributed by atoms with van der Waals surface area (Å²) in [5, 5.41) is 1.31.